The minimum Gasteiger partial charge on any atom is -0.488 e. The minimum absolute atomic E-state index is 0.377. The van der Waals surface area contributed by atoms with Gasteiger partial charge >= 0.3 is 10.1 Å². The third-order valence-corrected chi connectivity index (χ3v) is 8.79. The Kier molecular flexibility index (Phi) is 6.55. The molecule has 0 heterocycles. The highest BCUT2D eigenvalue weighted by atomic mass is 32.3. The average molecular weight is 449 g/mol. The molecule has 0 unspecified atom stereocenters. The van der Waals surface area contributed by atoms with Crippen molar-refractivity contribution in [2.75, 3.05) is 6.01 Å². The fourth-order valence-corrected chi connectivity index (χ4v) is 7.73. The van der Waals surface area contributed by atoms with Crippen molar-refractivity contribution in [1.29, 1.82) is 0 Å². The molecule has 30 heavy (non-hydrogen) atoms. The first-order chi connectivity index (χ1) is 14.2. The van der Waals surface area contributed by atoms with Crippen LogP contribution in [-0.4, -0.2) is 20.0 Å². The van der Waals surface area contributed by atoms with E-state index < -0.39 is 26.4 Å². The highest BCUT2D eigenvalue weighted by Gasteiger charge is 2.37. The summed E-state index contributed by atoms with van der Waals surface area (Å²) >= 11 is 0. The first-order valence-electron chi connectivity index (χ1n) is 9.39. The van der Waals surface area contributed by atoms with Crippen molar-refractivity contribution in [2.24, 2.45) is 0 Å². The van der Waals surface area contributed by atoms with Gasteiger partial charge in [-0.1, -0.05) is 36.4 Å². The largest absolute Gasteiger partial charge is 0.488 e. The number of benzene rings is 3. The number of halogens is 1. The van der Waals surface area contributed by atoms with Crippen molar-refractivity contribution in [2.45, 2.75) is 41.1 Å². The fourth-order valence-electron chi connectivity index (χ4n) is 2.98. The van der Waals surface area contributed by atoms with E-state index in [-0.39, 0.29) is 5.60 Å². The van der Waals surface area contributed by atoms with Crippen LogP contribution in [0.2, 0.25) is 0 Å². The van der Waals surface area contributed by atoms with Gasteiger partial charge in [0.2, 0.25) is 6.01 Å². The zero-order valence-electron chi connectivity index (χ0n) is 17.1. The van der Waals surface area contributed by atoms with E-state index in [0.29, 0.717) is 20.4 Å². The normalized spacial score (nSPS) is 13.1. The van der Waals surface area contributed by atoms with Crippen molar-refractivity contribution in [3.05, 3.63) is 84.9 Å². The molecule has 0 atom stereocenters. The van der Waals surface area contributed by atoms with Crippen LogP contribution in [-0.2, 0) is 13.7 Å². The van der Waals surface area contributed by atoms with Crippen molar-refractivity contribution in [3.63, 3.8) is 0 Å². The van der Waals surface area contributed by atoms with Crippen molar-refractivity contribution in [1.82, 2.24) is 0 Å². The summed E-state index contributed by atoms with van der Waals surface area (Å²) < 4.78 is 49.8. The van der Waals surface area contributed by atoms with Crippen LogP contribution < -0.4 is 4.74 Å². The van der Waals surface area contributed by atoms with Gasteiger partial charge in [0.05, 0.1) is 0 Å². The number of rotatable bonds is 7. The molecule has 0 saturated heterocycles. The molecule has 0 aliphatic heterocycles. The molecule has 0 N–H and O–H groups in total. The second-order valence-corrected chi connectivity index (χ2v) is 12.0. The Morgan fingerprint density at radius 2 is 1.17 bits per heavy atom. The van der Waals surface area contributed by atoms with Gasteiger partial charge in [-0.25, -0.2) is 8.02 Å². The molecule has 4 nitrogen and oxygen atoms in total. The summed E-state index contributed by atoms with van der Waals surface area (Å²) in [6, 6.07) is 23.6. The standard InChI is InChI=1S/C23H25FO4S2/c1-23(2,3)27-19-14-16-22(17-15-19)30(28-29(25,26)18-24,20-10-6-4-7-11-20)21-12-8-5-9-13-21/h4-17H,18H2,1-3H3. The first kappa shape index (κ1) is 22.3. The second kappa shape index (κ2) is 8.79. The minimum atomic E-state index is -4.42. The molecular formula is C23H25FO4S2. The van der Waals surface area contributed by atoms with Crippen LogP contribution in [0.1, 0.15) is 20.8 Å². The van der Waals surface area contributed by atoms with Crippen LogP contribution in [0.15, 0.2) is 99.6 Å². The smallest absolute Gasteiger partial charge is 0.307 e. The molecule has 3 aromatic carbocycles. The van der Waals surface area contributed by atoms with E-state index >= 15 is 0 Å². The fraction of sp³-hybridized carbons (Fsp3) is 0.217. The highest BCUT2D eigenvalue weighted by molar-refractivity contribution is 8.33. The zero-order chi connectivity index (χ0) is 21.8. The Hall–Kier alpha value is -2.35. The van der Waals surface area contributed by atoms with Gasteiger partial charge in [0.15, 0.2) is 0 Å². The molecule has 0 aliphatic rings. The summed E-state index contributed by atoms with van der Waals surface area (Å²) in [5, 5.41) is 0. The maximum absolute atomic E-state index is 13.4. The van der Waals surface area contributed by atoms with Crippen molar-refractivity contribution < 1.29 is 21.2 Å². The maximum Gasteiger partial charge on any atom is 0.307 e. The summed E-state index contributed by atoms with van der Waals surface area (Å²) in [6.45, 7) is 5.84. The lowest BCUT2D eigenvalue weighted by atomic mass is 10.2. The lowest BCUT2D eigenvalue weighted by Gasteiger charge is -2.39. The van der Waals surface area contributed by atoms with Crippen LogP contribution >= 0.6 is 10.3 Å². The van der Waals surface area contributed by atoms with Gasteiger partial charge in [0.25, 0.3) is 0 Å². The molecule has 0 radical (unpaired) electrons. The zero-order valence-corrected chi connectivity index (χ0v) is 18.8. The van der Waals surface area contributed by atoms with Crippen LogP contribution in [0.5, 0.6) is 5.75 Å². The average Bonchev–Trinajstić information content (AvgIpc) is 2.73. The summed E-state index contributed by atoms with van der Waals surface area (Å²) in [6.07, 6.45) is 0. The topological polar surface area (TPSA) is 52.6 Å². The molecule has 0 aromatic heterocycles. The quantitative estimate of drug-likeness (QED) is 0.424. The van der Waals surface area contributed by atoms with Gasteiger partial charge in [-0.2, -0.15) is 8.42 Å². The molecule has 0 amide bonds. The molecule has 0 saturated carbocycles. The molecule has 0 bridgehead atoms. The number of alkyl halides is 1. The summed E-state index contributed by atoms with van der Waals surface area (Å²) in [5.74, 6) is 0.647. The monoisotopic (exact) mass is 448 g/mol. The molecule has 7 heteroatoms. The summed E-state index contributed by atoms with van der Waals surface area (Å²) in [7, 11) is -7.17. The van der Waals surface area contributed by atoms with Crippen LogP contribution in [0.3, 0.4) is 0 Å². The van der Waals surface area contributed by atoms with Crippen LogP contribution in [0, 0.1) is 0 Å². The molecule has 0 spiro atoms. The molecule has 0 aliphatic carbocycles. The third-order valence-electron chi connectivity index (χ3n) is 4.07. The molecule has 0 fully saturated rings. The molecule has 3 aromatic rings. The van der Waals surface area contributed by atoms with E-state index in [9.17, 15) is 12.8 Å². The van der Waals surface area contributed by atoms with E-state index in [1.807, 2.05) is 57.2 Å². The van der Waals surface area contributed by atoms with Gasteiger partial charge in [-0.3, -0.25) is 0 Å². The molecule has 3 rings (SSSR count). The van der Waals surface area contributed by atoms with E-state index in [1.165, 1.54) is 0 Å². The Labute approximate surface area is 179 Å². The van der Waals surface area contributed by atoms with E-state index in [1.54, 1.807) is 48.5 Å². The number of hydrogen-bond acceptors (Lipinski definition) is 4. The summed E-state index contributed by atoms with van der Waals surface area (Å²) in [4.78, 5) is 1.92. The van der Waals surface area contributed by atoms with Crippen molar-refractivity contribution >= 4 is 20.4 Å². The van der Waals surface area contributed by atoms with Gasteiger partial charge < -0.3 is 4.74 Å². The molecule has 160 valence electrons. The predicted octanol–water partition coefficient (Wildman–Crippen LogP) is 6.33. The lowest BCUT2D eigenvalue weighted by Crippen LogP contribution is -2.22. The van der Waals surface area contributed by atoms with E-state index in [2.05, 4.69) is 0 Å². The van der Waals surface area contributed by atoms with E-state index in [0.717, 1.165) is 0 Å². The van der Waals surface area contributed by atoms with Gasteiger partial charge in [0, 0.05) is 14.7 Å². The van der Waals surface area contributed by atoms with Crippen LogP contribution in [0.25, 0.3) is 0 Å². The lowest BCUT2D eigenvalue weighted by molar-refractivity contribution is 0.131. The Morgan fingerprint density at radius 3 is 1.57 bits per heavy atom. The number of hydrogen-bond donors (Lipinski definition) is 0. The third kappa shape index (κ3) is 5.03. The van der Waals surface area contributed by atoms with Crippen molar-refractivity contribution in [3.8, 4) is 5.75 Å². The Bertz CT molecular complexity index is 1020. The van der Waals surface area contributed by atoms with Gasteiger partial charge in [0.1, 0.15) is 11.4 Å². The maximum atomic E-state index is 13.4. The predicted molar refractivity (Wildman–Crippen MR) is 118 cm³/mol. The van der Waals surface area contributed by atoms with E-state index in [4.69, 9.17) is 8.37 Å². The highest BCUT2D eigenvalue weighted by Crippen LogP contribution is 2.70. The SMILES string of the molecule is CC(C)(C)Oc1ccc(S(OS(=O)(=O)CF)(c2ccccc2)c2ccccc2)cc1. The van der Waals surface area contributed by atoms with Gasteiger partial charge in [-0.05, 0) is 79.6 Å². The Balaban J connectivity index is 2.25. The first-order valence-corrected chi connectivity index (χ1v) is 12.5. The van der Waals surface area contributed by atoms with Crippen LogP contribution in [0.4, 0.5) is 4.39 Å². The molecular weight excluding hydrogens is 423 g/mol. The number of ether oxygens (including phenoxy) is 1. The Morgan fingerprint density at radius 1 is 0.733 bits per heavy atom. The summed E-state index contributed by atoms with van der Waals surface area (Å²) in [5.41, 5.74) is -0.377. The van der Waals surface area contributed by atoms with Gasteiger partial charge in [-0.15, -0.1) is 0 Å². The second-order valence-electron chi connectivity index (χ2n) is 7.60.